The van der Waals surface area contributed by atoms with Crippen LogP contribution in [0.25, 0.3) is 0 Å². The second-order valence-corrected chi connectivity index (χ2v) is 6.59. The van der Waals surface area contributed by atoms with Gasteiger partial charge in [-0.05, 0) is 12.1 Å². The first-order valence-corrected chi connectivity index (χ1v) is 10.1. The highest BCUT2D eigenvalue weighted by Crippen LogP contribution is 2.43. The summed E-state index contributed by atoms with van der Waals surface area (Å²) in [4.78, 5) is 19.3. The maximum atomic E-state index is 4.82. The number of aliphatic imine (C=N–C) groups is 2. The highest BCUT2D eigenvalue weighted by Gasteiger charge is 2.64. The molecule has 0 bridgehead atoms. The van der Waals surface area contributed by atoms with Gasteiger partial charge in [0.25, 0.3) is 23.3 Å². The second kappa shape index (κ2) is 5.22. The van der Waals surface area contributed by atoms with Gasteiger partial charge in [-0.3, -0.25) is 0 Å². The minimum atomic E-state index is -0.683. The monoisotopic (exact) mass is 384 g/mol. The van der Waals surface area contributed by atoms with Crippen LogP contribution in [-0.2, 0) is 5.91 Å². The Morgan fingerprint density at radius 2 is 1.17 bits per heavy atom. The number of rotatable bonds is 0. The van der Waals surface area contributed by atoms with Crippen molar-refractivity contribution in [2.24, 2.45) is 20.0 Å². The van der Waals surface area contributed by atoms with Crippen molar-refractivity contribution in [2.75, 3.05) is 0 Å². The molecule has 2 aromatic rings. The molecule has 0 aliphatic carbocycles. The van der Waals surface area contributed by atoms with E-state index in [0.717, 1.165) is 46.0 Å². The molecular formula is C21H20N8+2. The molecule has 6 aliphatic heterocycles. The van der Waals surface area contributed by atoms with Gasteiger partial charge >= 0.3 is 5.91 Å². The molecule has 1 atom stereocenters. The van der Waals surface area contributed by atoms with E-state index in [1.54, 1.807) is 0 Å². The first-order chi connectivity index (χ1) is 14.4. The summed E-state index contributed by atoms with van der Waals surface area (Å²) < 4.78 is 8.71. The Bertz CT molecular complexity index is 1430. The van der Waals surface area contributed by atoms with E-state index in [2.05, 4.69) is 18.3 Å². The molecule has 1 spiro atoms. The molecule has 0 radical (unpaired) electrons. The average molecular weight is 384 g/mol. The third-order valence-corrected chi connectivity index (χ3v) is 5.48. The molecule has 6 aliphatic rings. The lowest BCUT2D eigenvalue weighted by molar-refractivity contribution is -0.791. The summed E-state index contributed by atoms with van der Waals surface area (Å²) >= 11 is 0. The third kappa shape index (κ3) is 1.55. The number of hydrogen-bond donors (Lipinski definition) is 0. The summed E-state index contributed by atoms with van der Waals surface area (Å²) in [5.41, 5.74) is 1.77. The molecule has 29 heavy (non-hydrogen) atoms. The van der Waals surface area contributed by atoms with Gasteiger partial charge in [-0.15, -0.1) is 9.15 Å². The zero-order chi connectivity index (χ0) is 19.9. The maximum Gasteiger partial charge on any atom is 0.402 e. The van der Waals surface area contributed by atoms with E-state index in [1.807, 2.05) is 76.3 Å². The molecule has 0 saturated heterocycles. The molecule has 8 heteroatoms. The minimum Gasteiger partial charge on any atom is -0.212 e. The molecule has 8 rings (SSSR count). The lowest BCUT2D eigenvalue weighted by Gasteiger charge is -2.41. The fourth-order valence-corrected chi connectivity index (χ4v) is 4.66. The summed E-state index contributed by atoms with van der Waals surface area (Å²) in [5, 5.41) is 0. The molecule has 0 saturated carbocycles. The van der Waals surface area contributed by atoms with Gasteiger partial charge in [-0.25, -0.2) is 14.1 Å². The second-order valence-electron chi connectivity index (χ2n) is 6.59. The Morgan fingerprint density at radius 3 is 1.86 bits per heavy atom. The Morgan fingerprint density at radius 1 is 0.621 bits per heavy atom. The van der Waals surface area contributed by atoms with Gasteiger partial charge in [0.1, 0.15) is 11.3 Å². The zero-order valence-electron chi connectivity index (χ0n) is 16.7. The van der Waals surface area contributed by atoms with E-state index in [4.69, 9.17) is 20.0 Å². The van der Waals surface area contributed by atoms with Gasteiger partial charge in [-0.2, -0.15) is 0 Å². The van der Waals surface area contributed by atoms with Crippen LogP contribution in [0.5, 0.6) is 0 Å². The first kappa shape index (κ1) is 16.3. The topological polar surface area (TPSA) is 65.3 Å². The Balaban J connectivity index is 0.000000392. The van der Waals surface area contributed by atoms with Crippen molar-refractivity contribution in [1.29, 1.82) is 0 Å². The fraction of sp³-hybridized carbons (Fsp3) is 0.238. The standard InChI is InChI=1S/C17H8N8.2C2H6/c1-2-10-19-12-5-6-14-21-16-8-7-15-20-13-4-3-11-18-9(1)22(10)17(23(11)13,24(12)14)25(15)16;2*1-2/h1-8H;2*1-2H3/q+2;;. The molecule has 0 amide bonds. The summed E-state index contributed by atoms with van der Waals surface area (Å²) in [7, 11) is 0. The van der Waals surface area contributed by atoms with Crippen LogP contribution in [0.15, 0.2) is 68.5 Å². The van der Waals surface area contributed by atoms with Gasteiger partial charge in [0, 0.05) is 36.4 Å². The summed E-state index contributed by atoms with van der Waals surface area (Å²) in [6, 6.07) is 8.10. The van der Waals surface area contributed by atoms with Crippen LogP contribution in [0.2, 0.25) is 0 Å². The fourth-order valence-electron chi connectivity index (χ4n) is 4.66. The first-order valence-electron chi connectivity index (χ1n) is 10.1. The van der Waals surface area contributed by atoms with E-state index < -0.39 is 5.91 Å². The van der Waals surface area contributed by atoms with Crippen molar-refractivity contribution in [3.05, 3.63) is 59.5 Å². The average Bonchev–Trinajstić information content (AvgIpc) is 3.55. The van der Waals surface area contributed by atoms with Gasteiger partial charge in [-0.1, -0.05) is 42.7 Å². The molecule has 8 heterocycles. The van der Waals surface area contributed by atoms with Gasteiger partial charge < -0.3 is 0 Å². The third-order valence-electron chi connectivity index (χ3n) is 5.48. The summed E-state index contributed by atoms with van der Waals surface area (Å²) in [5.74, 6) is 4.63. The van der Waals surface area contributed by atoms with Crippen molar-refractivity contribution < 1.29 is 9.15 Å². The zero-order valence-corrected chi connectivity index (χ0v) is 16.7. The predicted molar refractivity (Wildman–Crippen MR) is 110 cm³/mol. The lowest BCUT2D eigenvalue weighted by atomic mass is 10.3. The smallest absolute Gasteiger partial charge is 0.212 e. The highest BCUT2D eigenvalue weighted by molar-refractivity contribution is 6.15. The van der Waals surface area contributed by atoms with Crippen molar-refractivity contribution in [3.8, 4) is 0 Å². The van der Waals surface area contributed by atoms with Gasteiger partial charge in [0.2, 0.25) is 11.3 Å². The van der Waals surface area contributed by atoms with Crippen molar-refractivity contribution in [2.45, 2.75) is 33.6 Å². The van der Waals surface area contributed by atoms with Crippen molar-refractivity contribution in [3.63, 3.8) is 0 Å². The van der Waals surface area contributed by atoms with Gasteiger partial charge in [0.05, 0.1) is 0 Å². The SMILES string of the molecule is C1=CC2=[N+]3C1=NC1=[N+]4C(=Nc5ccc6n5C43n3c(ccc3=N6)=N2)C=C1.CC.CC. The van der Waals surface area contributed by atoms with Crippen LogP contribution in [0.3, 0.4) is 0 Å². The van der Waals surface area contributed by atoms with Crippen LogP contribution in [0.1, 0.15) is 27.7 Å². The van der Waals surface area contributed by atoms with Crippen LogP contribution in [0.4, 0.5) is 11.6 Å². The highest BCUT2D eigenvalue weighted by atomic mass is 15.7. The van der Waals surface area contributed by atoms with E-state index in [-0.39, 0.29) is 0 Å². The summed E-state index contributed by atoms with van der Waals surface area (Å²) in [6.07, 6.45) is 8.10. The van der Waals surface area contributed by atoms with E-state index in [9.17, 15) is 0 Å². The number of aromatic nitrogens is 2. The van der Waals surface area contributed by atoms with E-state index >= 15 is 0 Å². The van der Waals surface area contributed by atoms with Gasteiger partial charge in [0.15, 0.2) is 0 Å². The molecule has 0 N–H and O–H groups in total. The number of amidine groups is 4. The van der Waals surface area contributed by atoms with Crippen LogP contribution >= 0.6 is 0 Å². The number of hydrogen-bond acceptors (Lipinski definition) is 4. The molecule has 0 aromatic carbocycles. The van der Waals surface area contributed by atoms with E-state index in [0.29, 0.717) is 0 Å². The normalized spacial score (nSPS) is 23.7. The largest absolute Gasteiger partial charge is 0.402 e. The van der Waals surface area contributed by atoms with Crippen molar-refractivity contribution >= 4 is 35.0 Å². The molecule has 1 unspecified atom stereocenters. The maximum absolute atomic E-state index is 4.82. The predicted octanol–water partition coefficient (Wildman–Crippen LogP) is 1.77. The van der Waals surface area contributed by atoms with E-state index in [1.165, 1.54) is 0 Å². The molecule has 142 valence electrons. The Labute approximate surface area is 166 Å². The van der Waals surface area contributed by atoms with Crippen LogP contribution in [-0.4, -0.2) is 41.6 Å². The van der Waals surface area contributed by atoms with Crippen LogP contribution < -0.4 is 11.0 Å². The van der Waals surface area contributed by atoms with Crippen molar-refractivity contribution in [1.82, 2.24) is 9.13 Å². The molecule has 0 fully saturated rings. The Hall–Kier alpha value is -3.68. The molecule has 8 nitrogen and oxygen atoms in total. The molecular weight excluding hydrogens is 364 g/mol. The Kier molecular flexibility index (Phi) is 2.93. The molecule has 2 aromatic heterocycles. The lowest BCUT2D eigenvalue weighted by Crippen LogP contribution is -2.71. The summed E-state index contributed by atoms with van der Waals surface area (Å²) in [6.45, 7) is 8.00. The van der Waals surface area contributed by atoms with Crippen LogP contribution in [0, 0.1) is 0 Å². The minimum absolute atomic E-state index is 0.683. The quantitative estimate of drug-likeness (QED) is 0.622. The number of nitrogens with zero attached hydrogens (tertiary/aromatic N) is 8.